The molecule has 1 aliphatic heterocycles. The standard InChI is InChI=1S/C13H24N2/c1-5-7-9-15-10-8-13(14-6-2)11(3)12(15)4/h1,11-14H,6-10H2,2-4H3. The van der Waals surface area contributed by atoms with Gasteiger partial charge >= 0.3 is 0 Å². The van der Waals surface area contributed by atoms with Gasteiger partial charge < -0.3 is 5.32 Å². The SMILES string of the molecule is C#CCCN1CCC(NCC)C(C)C1C. The minimum atomic E-state index is 0.649. The lowest BCUT2D eigenvalue weighted by Gasteiger charge is -2.42. The van der Waals surface area contributed by atoms with Gasteiger partial charge in [0, 0.05) is 25.0 Å². The molecule has 1 N–H and O–H groups in total. The summed E-state index contributed by atoms with van der Waals surface area (Å²) >= 11 is 0. The Balaban J connectivity index is 2.45. The van der Waals surface area contributed by atoms with Crippen molar-refractivity contribution in [1.29, 1.82) is 0 Å². The van der Waals surface area contributed by atoms with Crippen LogP contribution in [0.25, 0.3) is 0 Å². The molecule has 0 spiro atoms. The quantitative estimate of drug-likeness (QED) is 0.708. The molecule has 1 saturated heterocycles. The number of piperidine rings is 1. The summed E-state index contributed by atoms with van der Waals surface area (Å²) in [6.07, 6.45) is 7.44. The molecule has 2 nitrogen and oxygen atoms in total. The Labute approximate surface area is 94.4 Å². The first-order chi connectivity index (χ1) is 7.20. The van der Waals surface area contributed by atoms with Crippen LogP contribution in [0.5, 0.6) is 0 Å². The average molecular weight is 208 g/mol. The Kier molecular flexibility index (Phi) is 5.14. The number of terminal acetylenes is 1. The molecule has 1 heterocycles. The fraction of sp³-hybridized carbons (Fsp3) is 0.846. The smallest absolute Gasteiger partial charge is 0.0214 e. The Morgan fingerprint density at radius 1 is 1.47 bits per heavy atom. The highest BCUT2D eigenvalue weighted by atomic mass is 15.2. The second kappa shape index (κ2) is 6.15. The van der Waals surface area contributed by atoms with E-state index in [2.05, 4.69) is 36.9 Å². The Morgan fingerprint density at radius 3 is 2.80 bits per heavy atom. The molecule has 2 heteroatoms. The summed E-state index contributed by atoms with van der Waals surface area (Å²) in [4.78, 5) is 2.53. The van der Waals surface area contributed by atoms with Crippen molar-refractivity contribution in [1.82, 2.24) is 10.2 Å². The lowest BCUT2D eigenvalue weighted by molar-refractivity contribution is 0.0878. The molecule has 86 valence electrons. The fourth-order valence-corrected chi connectivity index (χ4v) is 2.51. The highest BCUT2D eigenvalue weighted by molar-refractivity contribution is 4.91. The minimum absolute atomic E-state index is 0.649. The van der Waals surface area contributed by atoms with Gasteiger partial charge in [0.15, 0.2) is 0 Å². The third-order valence-electron chi connectivity index (χ3n) is 3.71. The van der Waals surface area contributed by atoms with E-state index in [1.54, 1.807) is 0 Å². The summed E-state index contributed by atoms with van der Waals surface area (Å²) in [6.45, 7) is 10.2. The molecule has 0 saturated carbocycles. The fourth-order valence-electron chi connectivity index (χ4n) is 2.51. The van der Waals surface area contributed by atoms with E-state index in [4.69, 9.17) is 6.42 Å². The first kappa shape index (κ1) is 12.5. The van der Waals surface area contributed by atoms with Gasteiger partial charge in [-0.05, 0) is 32.4 Å². The van der Waals surface area contributed by atoms with Crippen LogP contribution in [0.3, 0.4) is 0 Å². The van der Waals surface area contributed by atoms with Gasteiger partial charge in [0.1, 0.15) is 0 Å². The number of hydrogen-bond acceptors (Lipinski definition) is 2. The van der Waals surface area contributed by atoms with Crippen molar-refractivity contribution in [3.63, 3.8) is 0 Å². The maximum absolute atomic E-state index is 5.31. The summed E-state index contributed by atoms with van der Waals surface area (Å²) < 4.78 is 0. The molecule has 1 rings (SSSR count). The number of nitrogens with zero attached hydrogens (tertiary/aromatic N) is 1. The first-order valence-corrected chi connectivity index (χ1v) is 6.11. The topological polar surface area (TPSA) is 15.3 Å². The van der Waals surface area contributed by atoms with E-state index in [-0.39, 0.29) is 0 Å². The molecule has 0 radical (unpaired) electrons. The monoisotopic (exact) mass is 208 g/mol. The van der Waals surface area contributed by atoms with Gasteiger partial charge in [-0.2, -0.15) is 0 Å². The summed E-state index contributed by atoms with van der Waals surface area (Å²) in [5, 5.41) is 3.57. The van der Waals surface area contributed by atoms with E-state index in [1.165, 1.54) is 13.0 Å². The van der Waals surface area contributed by atoms with Crippen molar-refractivity contribution in [3.8, 4) is 12.3 Å². The van der Waals surface area contributed by atoms with Gasteiger partial charge in [-0.15, -0.1) is 12.3 Å². The van der Waals surface area contributed by atoms with Gasteiger partial charge in [0.05, 0.1) is 0 Å². The van der Waals surface area contributed by atoms with Crippen molar-refractivity contribution in [2.45, 2.75) is 45.7 Å². The van der Waals surface area contributed by atoms with Crippen molar-refractivity contribution in [2.75, 3.05) is 19.6 Å². The lowest BCUT2D eigenvalue weighted by Crippen LogP contribution is -2.53. The maximum atomic E-state index is 5.31. The van der Waals surface area contributed by atoms with Crippen molar-refractivity contribution >= 4 is 0 Å². The molecular weight excluding hydrogens is 184 g/mol. The highest BCUT2D eigenvalue weighted by Crippen LogP contribution is 2.23. The molecule has 0 aromatic rings. The number of nitrogens with one attached hydrogen (secondary N) is 1. The zero-order valence-corrected chi connectivity index (χ0v) is 10.3. The summed E-state index contributed by atoms with van der Waals surface area (Å²) in [5.74, 6) is 3.45. The molecule has 1 fully saturated rings. The van der Waals surface area contributed by atoms with Crippen LogP contribution < -0.4 is 5.32 Å². The van der Waals surface area contributed by atoms with E-state index in [9.17, 15) is 0 Å². The predicted octanol–water partition coefficient (Wildman–Crippen LogP) is 1.72. The van der Waals surface area contributed by atoms with Crippen LogP contribution in [0.15, 0.2) is 0 Å². The first-order valence-electron chi connectivity index (χ1n) is 6.11. The number of rotatable bonds is 4. The molecule has 15 heavy (non-hydrogen) atoms. The molecule has 3 unspecified atom stereocenters. The Morgan fingerprint density at radius 2 is 2.20 bits per heavy atom. The van der Waals surface area contributed by atoms with Crippen LogP contribution in [0.1, 0.15) is 33.6 Å². The second-order valence-corrected chi connectivity index (χ2v) is 4.54. The summed E-state index contributed by atoms with van der Waals surface area (Å²) in [7, 11) is 0. The van der Waals surface area contributed by atoms with Gasteiger partial charge in [-0.25, -0.2) is 0 Å². The van der Waals surface area contributed by atoms with Gasteiger partial charge in [-0.3, -0.25) is 4.90 Å². The summed E-state index contributed by atoms with van der Waals surface area (Å²) in [5.41, 5.74) is 0. The number of likely N-dealkylation sites (tertiary alicyclic amines) is 1. The van der Waals surface area contributed by atoms with Crippen molar-refractivity contribution < 1.29 is 0 Å². The van der Waals surface area contributed by atoms with Gasteiger partial charge in [0.25, 0.3) is 0 Å². The predicted molar refractivity (Wildman–Crippen MR) is 65.7 cm³/mol. The van der Waals surface area contributed by atoms with E-state index in [0.717, 1.165) is 25.4 Å². The molecule has 0 aromatic heterocycles. The van der Waals surface area contributed by atoms with E-state index < -0.39 is 0 Å². The molecule has 0 aliphatic carbocycles. The molecule has 0 amide bonds. The molecule has 0 aromatic carbocycles. The average Bonchev–Trinajstić information content (AvgIpc) is 2.24. The second-order valence-electron chi connectivity index (χ2n) is 4.54. The van der Waals surface area contributed by atoms with Crippen LogP contribution in [-0.4, -0.2) is 36.6 Å². The minimum Gasteiger partial charge on any atom is -0.314 e. The molecular formula is C13H24N2. The third-order valence-corrected chi connectivity index (χ3v) is 3.71. The lowest BCUT2D eigenvalue weighted by atomic mass is 9.87. The Hall–Kier alpha value is -0.520. The Bertz CT molecular complexity index is 219. The van der Waals surface area contributed by atoms with Crippen LogP contribution in [0.4, 0.5) is 0 Å². The zero-order valence-electron chi connectivity index (χ0n) is 10.3. The van der Waals surface area contributed by atoms with Gasteiger partial charge in [-0.1, -0.05) is 13.8 Å². The molecule has 1 aliphatic rings. The van der Waals surface area contributed by atoms with Crippen LogP contribution in [-0.2, 0) is 0 Å². The number of hydrogen-bond donors (Lipinski definition) is 1. The maximum Gasteiger partial charge on any atom is 0.0214 e. The van der Waals surface area contributed by atoms with Crippen LogP contribution >= 0.6 is 0 Å². The zero-order chi connectivity index (χ0) is 11.3. The highest BCUT2D eigenvalue weighted by Gasteiger charge is 2.31. The van der Waals surface area contributed by atoms with Crippen LogP contribution in [0.2, 0.25) is 0 Å². The van der Waals surface area contributed by atoms with E-state index in [0.29, 0.717) is 12.1 Å². The van der Waals surface area contributed by atoms with Crippen LogP contribution in [0, 0.1) is 18.3 Å². The van der Waals surface area contributed by atoms with Crippen molar-refractivity contribution in [2.24, 2.45) is 5.92 Å². The van der Waals surface area contributed by atoms with Gasteiger partial charge in [0.2, 0.25) is 0 Å². The van der Waals surface area contributed by atoms with E-state index in [1.807, 2.05) is 0 Å². The molecule has 0 bridgehead atoms. The third kappa shape index (κ3) is 3.22. The van der Waals surface area contributed by atoms with Crippen molar-refractivity contribution in [3.05, 3.63) is 0 Å². The normalized spacial score (nSPS) is 32.5. The summed E-state index contributed by atoms with van der Waals surface area (Å²) in [6, 6.07) is 1.34. The van der Waals surface area contributed by atoms with E-state index >= 15 is 0 Å². The largest absolute Gasteiger partial charge is 0.314 e. The molecule has 3 atom stereocenters.